The van der Waals surface area contributed by atoms with Crippen LogP contribution in [0.4, 0.5) is 18.2 Å². The van der Waals surface area contributed by atoms with Crippen molar-refractivity contribution < 1.29 is 35.7 Å². The number of aromatic nitrogens is 2. The van der Waals surface area contributed by atoms with Crippen LogP contribution >= 0.6 is 43.4 Å². The number of alkyl halides is 3. The molecule has 4 aromatic rings. The van der Waals surface area contributed by atoms with Crippen LogP contribution in [0.15, 0.2) is 62.3 Å². The molecule has 0 saturated carbocycles. The lowest BCUT2D eigenvalue weighted by atomic mass is 9.95. The predicted octanol–water partition coefficient (Wildman–Crippen LogP) is 5.53. The predicted molar refractivity (Wildman–Crippen MR) is 151 cm³/mol. The minimum absolute atomic E-state index is 0.0549. The fourth-order valence-electron chi connectivity index (χ4n) is 4.51. The van der Waals surface area contributed by atoms with Gasteiger partial charge in [-0.2, -0.15) is 13.2 Å². The number of sulfonamides is 1. The fourth-order valence-corrected chi connectivity index (χ4v) is 8.95. The van der Waals surface area contributed by atoms with Crippen molar-refractivity contribution in [2.75, 3.05) is 4.72 Å². The van der Waals surface area contributed by atoms with Gasteiger partial charge in [-0.3, -0.25) is 23.4 Å². The van der Waals surface area contributed by atoms with Gasteiger partial charge >= 0.3 is 11.9 Å². The summed E-state index contributed by atoms with van der Waals surface area (Å²) in [5, 5.41) is 4.60. The van der Waals surface area contributed by atoms with E-state index in [9.17, 15) is 36.0 Å². The zero-order chi connectivity index (χ0) is 29.7. The molecule has 1 aliphatic rings. The molecule has 41 heavy (non-hydrogen) atoms. The summed E-state index contributed by atoms with van der Waals surface area (Å²) in [6.45, 7) is -0.323. The molecular formula is C24H17Br2F3N4O6S2. The number of halogens is 5. The van der Waals surface area contributed by atoms with Crippen molar-refractivity contribution in [1.82, 2.24) is 13.6 Å². The first kappa shape index (κ1) is 29.5. The average Bonchev–Trinajstić information content (AvgIpc) is 3.51. The van der Waals surface area contributed by atoms with Crippen molar-refractivity contribution in [1.29, 1.82) is 0 Å². The summed E-state index contributed by atoms with van der Waals surface area (Å²) in [5.74, 6) is -2.86. The number of imide groups is 1. The maximum absolute atomic E-state index is 14.0. The number of anilines is 1. The quantitative estimate of drug-likeness (QED) is 0.186. The molecule has 0 radical (unpaired) electrons. The number of benzene rings is 2. The lowest BCUT2D eigenvalue weighted by Gasteiger charge is -2.26. The molecule has 1 fully saturated rings. The number of fused-ring (bicyclic) bond motifs is 1. The van der Waals surface area contributed by atoms with Crippen LogP contribution in [0.2, 0.25) is 0 Å². The van der Waals surface area contributed by atoms with Crippen molar-refractivity contribution >= 4 is 80.3 Å². The van der Waals surface area contributed by atoms with E-state index in [4.69, 9.17) is 0 Å². The van der Waals surface area contributed by atoms with Gasteiger partial charge in [0.05, 0.1) is 27.0 Å². The average molecular weight is 738 g/mol. The van der Waals surface area contributed by atoms with Crippen LogP contribution in [0.3, 0.4) is 0 Å². The van der Waals surface area contributed by atoms with Crippen molar-refractivity contribution in [2.45, 2.75) is 36.7 Å². The topological polar surface area (TPSA) is 132 Å². The molecule has 2 aromatic heterocycles. The third-order valence-electron chi connectivity index (χ3n) is 6.50. The van der Waals surface area contributed by atoms with Gasteiger partial charge in [-0.05, 0) is 34.0 Å². The molecule has 10 nitrogen and oxygen atoms in total. The molecule has 1 unspecified atom stereocenters. The van der Waals surface area contributed by atoms with Crippen LogP contribution in [0.25, 0.3) is 21.5 Å². The van der Waals surface area contributed by atoms with E-state index in [2.05, 4.69) is 46.5 Å². The number of carbonyl (C=O) groups excluding carboxylic acids is 2. The molecule has 216 valence electrons. The number of nitrogens with zero attached hydrogens (tertiary/aromatic N) is 3. The second-order valence-electron chi connectivity index (χ2n) is 9.05. The number of thiophene rings is 1. The first-order valence-electron chi connectivity index (χ1n) is 11.7. The Hall–Kier alpha value is -3.02. The van der Waals surface area contributed by atoms with Gasteiger partial charge in [-0.15, -0.1) is 11.3 Å². The van der Waals surface area contributed by atoms with Crippen LogP contribution in [0.1, 0.15) is 24.8 Å². The standard InChI is InChI=1S/C24H17Br2F3N4O6S2/c25-18-15-4-1-2-5-16(15)40-20(18)31-41(37,38)23(12-17(34)33(26)21(23)35)14-8-6-13(7-9-14)19-30-39-22(36)32(19)11-3-10-24(27,28)29/h1-2,4-9,31H,3,10-12H2. The number of carbonyl (C=O) groups is 2. The van der Waals surface area contributed by atoms with E-state index in [0.29, 0.717) is 8.40 Å². The van der Waals surface area contributed by atoms with Crippen molar-refractivity contribution in [3.63, 3.8) is 0 Å². The Morgan fingerprint density at radius 2 is 1.78 bits per heavy atom. The SMILES string of the molecule is O=C1CC(c2ccc(-c3noc(=O)n3CCCC(F)(F)F)cc2)(S(=O)(=O)Nc2sc3ccccc3c2Br)C(=O)N1Br. The first-order valence-corrected chi connectivity index (χ1v) is 15.5. The molecule has 3 heterocycles. The highest BCUT2D eigenvalue weighted by Gasteiger charge is 2.61. The monoisotopic (exact) mass is 736 g/mol. The number of rotatable bonds is 8. The zero-order valence-electron chi connectivity index (χ0n) is 20.4. The van der Waals surface area contributed by atoms with E-state index in [1.165, 1.54) is 24.3 Å². The van der Waals surface area contributed by atoms with Crippen LogP contribution in [-0.4, -0.2) is 40.1 Å². The van der Waals surface area contributed by atoms with E-state index in [1.807, 2.05) is 0 Å². The fraction of sp³-hybridized carbons (Fsp3) is 0.250. The molecule has 1 saturated heterocycles. The second kappa shape index (κ2) is 10.7. The number of nitrogens with one attached hydrogen (secondary N) is 1. The van der Waals surface area contributed by atoms with Gasteiger partial charge in [-0.25, -0.2) is 17.1 Å². The van der Waals surface area contributed by atoms with Crippen LogP contribution in [-0.2, 0) is 30.9 Å². The summed E-state index contributed by atoms with van der Waals surface area (Å²) in [4.78, 5) is 38.1. The van der Waals surface area contributed by atoms with Gasteiger partial charge in [0.25, 0.3) is 15.9 Å². The van der Waals surface area contributed by atoms with Crippen LogP contribution < -0.4 is 10.5 Å². The normalized spacial score (nSPS) is 18.0. The Labute approximate surface area is 250 Å². The van der Waals surface area contributed by atoms with Crippen molar-refractivity contribution in [2.24, 2.45) is 0 Å². The summed E-state index contributed by atoms with van der Waals surface area (Å²) in [5.41, 5.74) is 0.160. The number of hydrogen-bond donors (Lipinski definition) is 1. The number of amides is 2. The van der Waals surface area contributed by atoms with Gasteiger partial charge in [0.2, 0.25) is 10.7 Å². The van der Waals surface area contributed by atoms with Gasteiger partial charge in [0, 0.05) is 28.6 Å². The van der Waals surface area contributed by atoms with Gasteiger partial charge in [-0.1, -0.05) is 47.6 Å². The third kappa shape index (κ3) is 5.23. The van der Waals surface area contributed by atoms with E-state index in [1.54, 1.807) is 24.3 Å². The highest BCUT2D eigenvalue weighted by molar-refractivity contribution is 9.11. The molecule has 0 spiro atoms. The number of hydrogen-bond acceptors (Lipinski definition) is 8. The summed E-state index contributed by atoms with van der Waals surface area (Å²) < 4.78 is 73.2. The zero-order valence-corrected chi connectivity index (χ0v) is 25.2. The van der Waals surface area contributed by atoms with Gasteiger partial charge in [0.1, 0.15) is 5.00 Å². The Morgan fingerprint density at radius 3 is 2.39 bits per heavy atom. The van der Waals surface area contributed by atoms with Gasteiger partial charge in [0.15, 0.2) is 5.82 Å². The lowest BCUT2D eigenvalue weighted by Crippen LogP contribution is -2.45. The van der Waals surface area contributed by atoms with E-state index in [-0.39, 0.29) is 28.5 Å². The summed E-state index contributed by atoms with van der Waals surface area (Å²) in [6.07, 6.45) is -6.63. The highest BCUT2D eigenvalue weighted by Crippen LogP contribution is 2.47. The molecule has 1 atom stereocenters. The van der Waals surface area contributed by atoms with E-state index < -0.39 is 57.8 Å². The minimum atomic E-state index is -4.63. The molecule has 2 amide bonds. The van der Waals surface area contributed by atoms with Crippen molar-refractivity contribution in [3.05, 3.63) is 69.1 Å². The van der Waals surface area contributed by atoms with E-state index in [0.717, 1.165) is 26.0 Å². The largest absolute Gasteiger partial charge is 0.441 e. The van der Waals surface area contributed by atoms with Crippen LogP contribution in [0, 0.1) is 0 Å². The molecule has 0 bridgehead atoms. The minimum Gasteiger partial charge on any atom is -0.295 e. The first-order chi connectivity index (χ1) is 19.2. The molecule has 1 N–H and O–H groups in total. The molecule has 17 heteroatoms. The third-order valence-corrected chi connectivity index (χ3v) is 11.5. The molecule has 1 aliphatic heterocycles. The molecule has 2 aromatic carbocycles. The summed E-state index contributed by atoms with van der Waals surface area (Å²) in [7, 11) is -4.63. The molecule has 5 rings (SSSR count). The Morgan fingerprint density at radius 1 is 1.10 bits per heavy atom. The summed E-state index contributed by atoms with van der Waals surface area (Å²) >= 11 is 7.40. The maximum Gasteiger partial charge on any atom is 0.441 e. The molecule has 0 aliphatic carbocycles. The van der Waals surface area contributed by atoms with Gasteiger partial charge < -0.3 is 0 Å². The Bertz CT molecular complexity index is 1840. The smallest absolute Gasteiger partial charge is 0.295 e. The summed E-state index contributed by atoms with van der Waals surface area (Å²) in [6, 6.07) is 12.4. The van der Waals surface area contributed by atoms with Crippen LogP contribution in [0.5, 0.6) is 0 Å². The second-order valence-corrected chi connectivity index (χ2v) is 13.5. The molecular weight excluding hydrogens is 721 g/mol. The van der Waals surface area contributed by atoms with E-state index >= 15 is 0 Å². The Balaban J connectivity index is 1.53. The Kier molecular flexibility index (Phi) is 7.67. The lowest BCUT2D eigenvalue weighted by molar-refractivity contribution is -0.136. The highest BCUT2D eigenvalue weighted by atomic mass is 79.9. The van der Waals surface area contributed by atoms with Crippen molar-refractivity contribution in [3.8, 4) is 11.4 Å². The maximum atomic E-state index is 14.0.